The second-order valence-electron chi connectivity index (χ2n) is 9.19. The largest absolute Gasteiger partial charge is 0.305 e. The monoisotopic (exact) mass is 557 g/mol. The Morgan fingerprint density at radius 3 is 0.925 bits per heavy atom. The van der Waals surface area contributed by atoms with E-state index in [0.29, 0.717) is 32.6 Å². The molecule has 6 rings (SSSR count). The van der Waals surface area contributed by atoms with Crippen LogP contribution in [-0.4, -0.2) is 15.0 Å². The maximum atomic E-state index is 15.3. The third-order valence-corrected chi connectivity index (χ3v) is 12.3. The van der Waals surface area contributed by atoms with Crippen LogP contribution in [0, 0.1) is 0 Å². The van der Waals surface area contributed by atoms with Crippen molar-refractivity contribution in [2.75, 3.05) is 0 Å². The van der Waals surface area contributed by atoms with Crippen molar-refractivity contribution in [3.63, 3.8) is 0 Å². The molecule has 5 nitrogen and oxygen atoms in total. The van der Waals surface area contributed by atoms with Crippen molar-refractivity contribution in [3.8, 4) is 11.4 Å². The van der Waals surface area contributed by atoms with Gasteiger partial charge in [-0.1, -0.05) is 152 Å². The van der Waals surface area contributed by atoms with Crippen molar-refractivity contribution < 1.29 is 9.13 Å². The second-order valence-corrected chi connectivity index (χ2v) is 14.5. The van der Waals surface area contributed by atoms with Crippen LogP contribution in [0.3, 0.4) is 0 Å². The first-order chi connectivity index (χ1) is 19.6. The minimum Gasteiger partial charge on any atom is -0.305 e. The summed E-state index contributed by atoms with van der Waals surface area (Å²) in [6, 6.07) is 46.4. The smallest absolute Gasteiger partial charge is 0.206 e. The molecule has 0 bridgehead atoms. The summed E-state index contributed by atoms with van der Waals surface area (Å²) in [6.45, 7) is 0. The Morgan fingerprint density at radius 2 is 0.625 bits per heavy atom. The molecule has 6 aromatic rings. The predicted octanol–water partition coefficient (Wildman–Crippen LogP) is 4.82. The van der Waals surface area contributed by atoms with Crippen LogP contribution in [0.4, 0.5) is 0 Å². The molecule has 0 unspecified atom stereocenters. The molecule has 0 saturated carbocycles. The quantitative estimate of drug-likeness (QED) is 0.263. The van der Waals surface area contributed by atoms with Crippen LogP contribution in [0.1, 0.15) is 0 Å². The molecule has 0 atom stereocenters. The van der Waals surface area contributed by atoms with Crippen molar-refractivity contribution >= 4 is 46.6 Å². The number of hydrogen-bond donors (Lipinski definition) is 0. The van der Waals surface area contributed by atoms with E-state index in [1.807, 2.05) is 152 Å². The first-order valence-corrected chi connectivity index (χ1v) is 16.3. The lowest BCUT2D eigenvalue weighted by Crippen LogP contribution is -2.38. The van der Waals surface area contributed by atoms with Gasteiger partial charge in [0.25, 0.3) is 0 Å². The number of aromatic nitrogens is 3. The summed E-state index contributed by atoms with van der Waals surface area (Å²) >= 11 is 0. The molecular formula is C33H25N3O2P2. The first kappa shape index (κ1) is 25.8. The van der Waals surface area contributed by atoms with E-state index in [1.54, 1.807) is 0 Å². The fraction of sp³-hybridized carbons (Fsp3) is 0. The van der Waals surface area contributed by atoms with E-state index in [9.17, 15) is 0 Å². The van der Waals surface area contributed by atoms with Gasteiger partial charge in [0, 0.05) is 26.8 Å². The lowest BCUT2D eigenvalue weighted by molar-refractivity contribution is 0.590. The van der Waals surface area contributed by atoms with Gasteiger partial charge in [0.15, 0.2) is 5.82 Å². The fourth-order valence-corrected chi connectivity index (χ4v) is 9.57. The molecule has 0 fully saturated rings. The lowest BCUT2D eigenvalue weighted by atomic mass is 10.2. The van der Waals surface area contributed by atoms with Crippen molar-refractivity contribution in [2.24, 2.45) is 0 Å². The summed E-state index contributed by atoms with van der Waals surface area (Å²) in [6.07, 6.45) is 0. The van der Waals surface area contributed by atoms with Gasteiger partial charge in [-0.15, -0.1) is 0 Å². The molecule has 5 aromatic carbocycles. The SMILES string of the molecule is O=P(c1ccccc1)(c1ccccc1)c1nc(-c2ccccc2)nc(P(=O)(c2ccccc2)c2ccccc2)n1. The highest BCUT2D eigenvalue weighted by molar-refractivity contribution is 7.86. The standard InChI is InChI=1S/C33H25N3O2P2/c37-39(27-18-8-2-9-19-27,28-20-10-3-11-21-28)32-34-31(26-16-6-1-7-17-26)35-33(36-32)40(38,29-22-12-4-13-23-29)30-24-14-5-15-25-30/h1-25H. The average Bonchev–Trinajstić information content (AvgIpc) is 3.06. The zero-order valence-electron chi connectivity index (χ0n) is 21.5. The van der Waals surface area contributed by atoms with Gasteiger partial charge in [-0.2, -0.15) is 0 Å². The maximum Gasteiger partial charge on any atom is 0.206 e. The van der Waals surface area contributed by atoms with Crippen molar-refractivity contribution in [1.29, 1.82) is 0 Å². The number of rotatable bonds is 7. The topological polar surface area (TPSA) is 72.8 Å². The summed E-state index contributed by atoms with van der Waals surface area (Å²) in [5, 5.41) is 2.36. The summed E-state index contributed by atoms with van der Waals surface area (Å²) in [5.41, 5.74) is 0.912. The molecule has 0 N–H and O–H groups in total. The first-order valence-electron chi connectivity index (χ1n) is 12.9. The van der Waals surface area contributed by atoms with E-state index in [-0.39, 0.29) is 11.1 Å². The molecule has 1 heterocycles. The molecule has 0 saturated heterocycles. The van der Waals surface area contributed by atoms with Crippen LogP contribution in [0.5, 0.6) is 0 Å². The Morgan fingerprint density at radius 1 is 0.350 bits per heavy atom. The van der Waals surface area contributed by atoms with Gasteiger partial charge >= 0.3 is 0 Å². The number of hydrogen-bond acceptors (Lipinski definition) is 5. The number of benzene rings is 5. The van der Waals surface area contributed by atoms with E-state index < -0.39 is 14.3 Å². The summed E-state index contributed by atoms with van der Waals surface area (Å²) in [7, 11) is -7.17. The highest BCUT2D eigenvalue weighted by Crippen LogP contribution is 2.44. The van der Waals surface area contributed by atoms with Crippen LogP contribution in [0.15, 0.2) is 152 Å². The summed E-state index contributed by atoms with van der Waals surface area (Å²) < 4.78 is 30.6. The van der Waals surface area contributed by atoms with Gasteiger partial charge in [-0.25, -0.2) is 15.0 Å². The Labute approximate surface area is 233 Å². The zero-order chi connectivity index (χ0) is 27.4. The molecule has 194 valence electrons. The van der Waals surface area contributed by atoms with E-state index in [1.165, 1.54) is 0 Å². The minimum atomic E-state index is -3.59. The van der Waals surface area contributed by atoms with Gasteiger partial charge < -0.3 is 9.13 Å². The molecule has 0 amide bonds. The molecule has 0 aliphatic heterocycles. The van der Waals surface area contributed by atoms with Crippen molar-refractivity contribution in [3.05, 3.63) is 152 Å². The van der Waals surface area contributed by atoms with Gasteiger partial charge in [-0.3, -0.25) is 0 Å². The van der Waals surface area contributed by atoms with Crippen LogP contribution in [0.2, 0.25) is 0 Å². The highest BCUT2D eigenvalue weighted by atomic mass is 31.2. The van der Waals surface area contributed by atoms with Crippen molar-refractivity contribution in [2.45, 2.75) is 0 Å². The van der Waals surface area contributed by atoms with Gasteiger partial charge in [0.1, 0.15) is 0 Å². The second kappa shape index (κ2) is 11.0. The third-order valence-electron chi connectivity index (χ3n) is 6.69. The molecule has 0 radical (unpaired) electrons. The Kier molecular flexibility index (Phi) is 7.09. The maximum absolute atomic E-state index is 15.3. The Hall–Kier alpha value is -4.43. The number of nitrogens with zero attached hydrogens (tertiary/aromatic N) is 3. The fourth-order valence-electron chi connectivity index (χ4n) is 4.66. The lowest BCUT2D eigenvalue weighted by Gasteiger charge is -2.22. The molecule has 0 aliphatic rings. The summed E-state index contributed by atoms with van der Waals surface area (Å²) in [5.74, 6) is 0.319. The van der Waals surface area contributed by atoms with Crippen LogP contribution >= 0.6 is 14.3 Å². The average molecular weight is 558 g/mol. The van der Waals surface area contributed by atoms with E-state index >= 15 is 9.13 Å². The summed E-state index contributed by atoms with van der Waals surface area (Å²) in [4.78, 5) is 14.5. The predicted molar refractivity (Wildman–Crippen MR) is 164 cm³/mol. The Bertz CT molecular complexity index is 1630. The normalized spacial score (nSPS) is 11.7. The molecule has 7 heteroatoms. The van der Waals surface area contributed by atoms with Crippen LogP contribution in [0.25, 0.3) is 11.4 Å². The van der Waals surface area contributed by atoms with Gasteiger partial charge in [0.2, 0.25) is 25.4 Å². The van der Waals surface area contributed by atoms with E-state index in [2.05, 4.69) is 0 Å². The third kappa shape index (κ3) is 4.64. The molecule has 1 aromatic heterocycles. The molecule has 0 aliphatic carbocycles. The van der Waals surface area contributed by atoms with Crippen LogP contribution < -0.4 is 32.3 Å². The minimum absolute atomic E-state index is 0.0980. The Balaban J connectivity index is 1.71. The van der Waals surface area contributed by atoms with E-state index in [0.717, 1.165) is 0 Å². The van der Waals surface area contributed by atoms with Crippen molar-refractivity contribution in [1.82, 2.24) is 15.0 Å². The molecule has 0 spiro atoms. The van der Waals surface area contributed by atoms with Gasteiger partial charge in [0.05, 0.1) is 0 Å². The van der Waals surface area contributed by atoms with E-state index in [4.69, 9.17) is 15.0 Å². The highest BCUT2D eigenvalue weighted by Gasteiger charge is 2.38. The molecule has 40 heavy (non-hydrogen) atoms. The molecular weight excluding hydrogens is 532 g/mol. The van der Waals surface area contributed by atoms with Crippen LogP contribution in [-0.2, 0) is 9.13 Å². The zero-order valence-corrected chi connectivity index (χ0v) is 23.3. The van der Waals surface area contributed by atoms with Gasteiger partial charge in [-0.05, 0) is 0 Å².